The normalized spacial score (nSPS) is 36.8. The van der Waals surface area contributed by atoms with Gasteiger partial charge in [-0.15, -0.1) is 12.4 Å². The number of carbonyl (C=O) groups is 1. The first-order chi connectivity index (χ1) is 14.4. The van der Waals surface area contributed by atoms with Gasteiger partial charge in [0.2, 0.25) is 15.9 Å². The maximum Gasteiger partial charge on any atom is 0.223 e. The van der Waals surface area contributed by atoms with Crippen molar-refractivity contribution in [2.45, 2.75) is 76.2 Å². The number of rotatable bonds is 6. The van der Waals surface area contributed by atoms with Gasteiger partial charge < -0.3 is 10.2 Å². The van der Waals surface area contributed by atoms with Crippen LogP contribution in [0.15, 0.2) is 0 Å². The number of nitrogens with one attached hydrogen (secondary N) is 1. The number of piperidine rings is 2. The summed E-state index contributed by atoms with van der Waals surface area (Å²) in [6, 6.07) is 0. The van der Waals surface area contributed by atoms with Crippen LogP contribution in [-0.4, -0.2) is 67.5 Å². The molecule has 0 aromatic heterocycles. The highest BCUT2D eigenvalue weighted by Crippen LogP contribution is 2.55. The lowest BCUT2D eigenvalue weighted by atomic mass is 9.53. The molecule has 6 rings (SSSR count). The fraction of sp³-hybridized carbons (Fsp3) is 0.957. The van der Waals surface area contributed by atoms with Crippen LogP contribution in [0.5, 0.6) is 0 Å². The van der Waals surface area contributed by atoms with Crippen molar-refractivity contribution in [2.75, 3.05) is 38.5 Å². The Morgan fingerprint density at radius 1 is 0.871 bits per heavy atom. The molecule has 0 radical (unpaired) electrons. The van der Waals surface area contributed by atoms with Crippen molar-refractivity contribution < 1.29 is 13.2 Å². The molecule has 0 atom stereocenters. The van der Waals surface area contributed by atoms with Crippen LogP contribution in [0, 0.1) is 23.7 Å². The van der Waals surface area contributed by atoms with E-state index in [0.29, 0.717) is 32.5 Å². The van der Waals surface area contributed by atoms with Crippen LogP contribution < -0.4 is 5.32 Å². The lowest BCUT2D eigenvalue weighted by Gasteiger charge is -2.57. The van der Waals surface area contributed by atoms with Gasteiger partial charge >= 0.3 is 0 Å². The third-order valence-electron chi connectivity index (χ3n) is 8.76. The molecule has 6 nitrogen and oxygen atoms in total. The van der Waals surface area contributed by atoms with E-state index in [-0.39, 0.29) is 35.5 Å². The van der Waals surface area contributed by atoms with Crippen molar-refractivity contribution >= 4 is 28.3 Å². The number of nitrogens with zero attached hydrogens (tertiary/aromatic N) is 2. The maximum atomic E-state index is 13.1. The van der Waals surface area contributed by atoms with Gasteiger partial charge in [0, 0.05) is 31.1 Å². The molecule has 4 aliphatic carbocycles. The second-order valence-corrected chi connectivity index (χ2v) is 13.2. The van der Waals surface area contributed by atoms with E-state index in [2.05, 4.69) is 10.2 Å². The van der Waals surface area contributed by atoms with Gasteiger partial charge in [0.25, 0.3) is 0 Å². The third-order valence-corrected chi connectivity index (χ3v) is 10.6. The van der Waals surface area contributed by atoms with Crippen molar-refractivity contribution in [3.63, 3.8) is 0 Å². The largest absolute Gasteiger partial charge is 0.350 e. The Kier molecular flexibility index (Phi) is 7.27. The van der Waals surface area contributed by atoms with Gasteiger partial charge in [0.15, 0.2) is 0 Å². The number of halogens is 1. The van der Waals surface area contributed by atoms with Crippen molar-refractivity contribution in [3.05, 3.63) is 0 Å². The number of carbonyl (C=O) groups excluding carboxylic acids is 1. The molecule has 0 spiro atoms. The van der Waals surface area contributed by atoms with E-state index in [0.717, 1.165) is 30.8 Å². The molecule has 1 amide bonds. The maximum absolute atomic E-state index is 13.1. The molecular weight excluding hydrogens is 434 g/mol. The average molecular weight is 474 g/mol. The Labute approximate surface area is 194 Å². The number of amides is 1. The molecule has 2 heterocycles. The fourth-order valence-corrected chi connectivity index (χ4v) is 9.09. The Hall–Kier alpha value is -0.370. The predicted molar refractivity (Wildman–Crippen MR) is 125 cm³/mol. The molecule has 0 unspecified atom stereocenters. The van der Waals surface area contributed by atoms with Crippen molar-refractivity contribution in [2.24, 2.45) is 23.7 Å². The predicted octanol–water partition coefficient (Wildman–Crippen LogP) is 3.02. The molecule has 6 aliphatic rings. The van der Waals surface area contributed by atoms with Crippen LogP contribution in [0.25, 0.3) is 0 Å². The zero-order valence-corrected chi connectivity index (χ0v) is 20.4. The lowest BCUT2D eigenvalue weighted by molar-refractivity contribution is -0.132. The number of likely N-dealkylation sites (tertiary alicyclic amines) is 1. The van der Waals surface area contributed by atoms with Crippen LogP contribution in [-0.2, 0) is 14.8 Å². The second kappa shape index (κ2) is 9.47. The molecule has 31 heavy (non-hydrogen) atoms. The quantitative estimate of drug-likeness (QED) is 0.643. The van der Waals surface area contributed by atoms with Crippen LogP contribution in [0.4, 0.5) is 0 Å². The summed E-state index contributed by atoms with van der Waals surface area (Å²) in [6.07, 6.45) is 12.6. The summed E-state index contributed by atoms with van der Waals surface area (Å²) in [7, 11) is -3.22. The first kappa shape index (κ1) is 23.8. The minimum absolute atomic E-state index is 0. The number of sulfonamides is 1. The van der Waals surface area contributed by atoms with Gasteiger partial charge in [-0.25, -0.2) is 12.7 Å². The molecular formula is C23H40ClN3O3S. The van der Waals surface area contributed by atoms with Gasteiger partial charge in [-0.3, -0.25) is 4.79 Å². The van der Waals surface area contributed by atoms with E-state index in [1.54, 1.807) is 4.31 Å². The van der Waals surface area contributed by atoms with Crippen LogP contribution in [0.3, 0.4) is 0 Å². The third kappa shape index (κ3) is 5.25. The molecule has 1 N–H and O–H groups in total. The summed E-state index contributed by atoms with van der Waals surface area (Å²) in [5, 5.41) is 3.50. The summed E-state index contributed by atoms with van der Waals surface area (Å²) in [4.78, 5) is 15.4. The van der Waals surface area contributed by atoms with Gasteiger partial charge in [-0.05, 0) is 95.1 Å². The monoisotopic (exact) mass is 473 g/mol. The molecule has 0 aromatic rings. The summed E-state index contributed by atoms with van der Waals surface area (Å²) in [5.41, 5.74) is 0.0590. The van der Waals surface area contributed by atoms with Gasteiger partial charge in [-0.2, -0.15) is 0 Å². The Bertz CT molecular complexity index is 710. The van der Waals surface area contributed by atoms with E-state index < -0.39 is 10.0 Å². The van der Waals surface area contributed by atoms with E-state index >= 15 is 0 Å². The highest BCUT2D eigenvalue weighted by Gasteiger charge is 2.52. The lowest BCUT2D eigenvalue weighted by Crippen LogP contribution is -2.61. The molecule has 0 aromatic carbocycles. The number of hydrogen-bond donors (Lipinski definition) is 1. The minimum Gasteiger partial charge on any atom is -0.350 e. The first-order valence-electron chi connectivity index (χ1n) is 12.4. The SMILES string of the molecule is Cl.O=C(NC12CC3CC(CC(C3)C1)C2)C1CCN(S(=O)(=O)CCN2CCCCC2)CC1. The summed E-state index contributed by atoms with van der Waals surface area (Å²) in [6.45, 7) is 3.71. The molecule has 2 aliphatic heterocycles. The zero-order chi connectivity index (χ0) is 20.8. The summed E-state index contributed by atoms with van der Waals surface area (Å²) >= 11 is 0. The van der Waals surface area contributed by atoms with Crippen molar-refractivity contribution in [3.8, 4) is 0 Å². The minimum atomic E-state index is -3.22. The van der Waals surface area contributed by atoms with E-state index in [9.17, 15) is 13.2 Å². The highest BCUT2D eigenvalue weighted by molar-refractivity contribution is 7.89. The molecule has 178 valence electrons. The highest BCUT2D eigenvalue weighted by atomic mass is 35.5. The van der Waals surface area contributed by atoms with E-state index in [1.165, 1.54) is 57.8 Å². The standard InChI is InChI=1S/C23H39N3O3S.ClH/c27-22(24-23-15-18-12-19(16-23)14-20(13-18)17-23)21-4-8-26(9-5-21)30(28,29)11-10-25-6-2-1-3-7-25;/h18-21H,1-17H2,(H,24,27);1H. The fourth-order valence-electron chi connectivity index (χ4n) is 7.58. The van der Waals surface area contributed by atoms with Gasteiger partial charge in [0.05, 0.1) is 5.75 Å². The van der Waals surface area contributed by atoms with E-state index in [1.807, 2.05) is 0 Å². The van der Waals surface area contributed by atoms with Gasteiger partial charge in [0.1, 0.15) is 0 Å². The first-order valence-corrected chi connectivity index (χ1v) is 14.0. The summed E-state index contributed by atoms with van der Waals surface area (Å²) in [5.74, 6) is 2.86. The van der Waals surface area contributed by atoms with Crippen LogP contribution in [0.1, 0.15) is 70.6 Å². The molecule has 4 saturated carbocycles. The molecule has 8 heteroatoms. The average Bonchev–Trinajstić information content (AvgIpc) is 2.72. The van der Waals surface area contributed by atoms with Gasteiger partial charge in [-0.1, -0.05) is 6.42 Å². The van der Waals surface area contributed by atoms with Crippen LogP contribution >= 0.6 is 12.4 Å². The van der Waals surface area contributed by atoms with Crippen LogP contribution in [0.2, 0.25) is 0 Å². The Morgan fingerprint density at radius 2 is 1.42 bits per heavy atom. The topological polar surface area (TPSA) is 69.7 Å². The number of hydrogen-bond acceptors (Lipinski definition) is 4. The Morgan fingerprint density at radius 3 is 1.97 bits per heavy atom. The summed E-state index contributed by atoms with van der Waals surface area (Å²) < 4.78 is 27.2. The Balaban J connectivity index is 0.00000231. The van der Waals surface area contributed by atoms with Crippen molar-refractivity contribution in [1.82, 2.24) is 14.5 Å². The van der Waals surface area contributed by atoms with E-state index in [4.69, 9.17) is 0 Å². The second-order valence-electron chi connectivity index (χ2n) is 11.1. The zero-order valence-electron chi connectivity index (χ0n) is 18.8. The molecule has 6 fully saturated rings. The molecule has 2 saturated heterocycles. The molecule has 4 bridgehead atoms. The smallest absolute Gasteiger partial charge is 0.223 e. The van der Waals surface area contributed by atoms with Crippen molar-refractivity contribution in [1.29, 1.82) is 0 Å².